The Labute approximate surface area is 138 Å². The molecule has 0 radical (unpaired) electrons. The van der Waals surface area contributed by atoms with Gasteiger partial charge in [-0.3, -0.25) is 4.79 Å². The molecule has 1 fully saturated rings. The molecule has 6 nitrogen and oxygen atoms in total. The Morgan fingerprint density at radius 3 is 2.71 bits per heavy atom. The van der Waals surface area contributed by atoms with Gasteiger partial charge in [0.2, 0.25) is 0 Å². The van der Waals surface area contributed by atoms with E-state index >= 15 is 0 Å². The summed E-state index contributed by atoms with van der Waals surface area (Å²) >= 11 is 6.70. The van der Waals surface area contributed by atoms with Crippen molar-refractivity contribution in [3.05, 3.63) is 27.1 Å². The zero-order chi connectivity index (χ0) is 15.6. The largest absolute Gasteiger partial charge is 0.481 e. The fourth-order valence-corrected chi connectivity index (χ4v) is 3.25. The highest BCUT2D eigenvalue weighted by atomic mass is 79.9. The molecule has 2 N–H and O–H groups in total. The van der Waals surface area contributed by atoms with Crippen molar-refractivity contribution in [3.8, 4) is 0 Å². The lowest BCUT2D eigenvalue weighted by atomic mass is 10.0. The molecule has 0 spiro atoms. The summed E-state index contributed by atoms with van der Waals surface area (Å²) in [5, 5.41) is 11.9. The van der Waals surface area contributed by atoms with Gasteiger partial charge >= 0.3 is 12.0 Å². The number of benzene rings is 1. The quantitative estimate of drug-likeness (QED) is 0.786. The Kier molecular flexibility index (Phi) is 5.23. The van der Waals surface area contributed by atoms with Crippen LogP contribution in [0.1, 0.15) is 0 Å². The first-order valence-corrected chi connectivity index (χ1v) is 7.78. The number of carboxylic acids is 1. The second-order valence-electron chi connectivity index (χ2n) is 4.71. The lowest BCUT2D eigenvalue weighted by Gasteiger charge is -2.26. The Morgan fingerprint density at radius 1 is 1.38 bits per heavy atom. The van der Waals surface area contributed by atoms with Crippen LogP contribution >= 0.6 is 31.9 Å². The van der Waals surface area contributed by atoms with E-state index in [1.54, 1.807) is 19.2 Å². The Morgan fingerprint density at radius 2 is 2.10 bits per heavy atom. The van der Waals surface area contributed by atoms with Crippen LogP contribution in [0.3, 0.4) is 0 Å². The molecule has 1 aliphatic rings. The number of halogens is 2. The summed E-state index contributed by atoms with van der Waals surface area (Å²) in [6.45, 7) is 0.349. The number of nitrogens with zero attached hydrogens (tertiary/aromatic N) is 1. The predicted octanol–water partition coefficient (Wildman–Crippen LogP) is 2.77. The van der Waals surface area contributed by atoms with Gasteiger partial charge in [0.25, 0.3) is 0 Å². The summed E-state index contributed by atoms with van der Waals surface area (Å²) in [5.41, 5.74) is 0.612. The van der Waals surface area contributed by atoms with E-state index in [4.69, 9.17) is 9.84 Å². The van der Waals surface area contributed by atoms with Crippen LogP contribution in [0, 0.1) is 5.92 Å². The molecule has 1 aromatic carbocycles. The molecule has 1 aliphatic heterocycles. The molecule has 0 aliphatic carbocycles. The van der Waals surface area contributed by atoms with E-state index in [1.807, 2.05) is 6.07 Å². The average Bonchev–Trinajstić information content (AvgIpc) is 2.90. The average molecular weight is 422 g/mol. The van der Waals surface area contributed by atoms with Crippen molar-refractivity contribution in [3.63, 3.8) is 0 Å². The van der Waals surface area contributed by atoms with Crippen LogP contribution in [0.25, 0.3) is 0 Å². The molecule has 2 unspecified atom stereocenters. The molecule has 1 aromatic rings. The third-order valence-electron chi connectivity index (χ3n) is 3.36. The van der Waals surface area contributed by atoms with E-state index in [-0.39, 0.29) is 19.2 Å². The van der Waals surface area contributed by atoms with Gasteiger partial charge in [0, 0.05) is 16.0 Å². The van der Waals surface area contributed by atoms with Crippen molar-refractivity contribution in [2.24, 2.45) is 5.92 Å². The molecule has 2 amide bonds. The zero-order valence-electron chi connectivity index (χ0n) is 11.2. The first-order valence-electron chi connectivity index (χ1n) is 6.19. The number of anilines is 1. The molecule has 1 saturated heterocycles. The van der Waals surface area contributed by atoms with Gasteiger partial charge in [-0.05, 0) is 34.1 Å². The fourth-order valence-electron chi connectivity index (χ4n) is 2.11. The monoisotopic (exact) mass is 420 g/mol. The Hall–Kier alpha value is -1.12. The summed E-state index contributed by atoms with van der Waals surface area (Å²) in [5.74, 6) is -1.66. The SMILES string of the molecule is CN(C(=O)Nc1ccc(Br)cc1Br)C1COCC1C(=O)O. The highest BCUT2D eigenvalue weighted by Crippen LogP contribution is 2.27. The standard InChI is InChI=1S/C13H14Br2N2O4/c1-17(11-6-21-5-8(11)12(18)19)13(20)16-10-3-2-7(14)4-9(10)15/h2-4,8,11H,5-6H2,1H3,(H,16,20)(H,18,19). The van der Waals surface area contributed by atoms with Crippen LogP contribution in [-0.4, -0.2) is 48.3 Å². The van der Waals surface area contributed by atoms with E-state index in [9.17, 15) is 9.59 Å². The Bertz CT molecular complexity index is 567. The number of aliphatic carboxylic acids is 1. The van der Waals surface area contributed by atoms with Gasteiger partial charge in [-0.2, -0.15) is 0 Å². The van der Waals surface area contributed by atoms with Crippen LogP contribution in [0.5, 0.6) is 0 Å². The lowest BCUT2D eigenvalue weighted by Crippen LogP contribution is -2.45. The molecule has 1 heterocycles. The smallest absolute Gasteiger partial charge is 0.321 e. The van der Waals surface area contributed by atoms with E-state index in [2.05, 4.69) is 37.2 Å². The van der Waals surface area contributed by atoms with E-state index in [0.717, 1.165) is 8.95 Å². The second-order valence-corrected chi connectivity index (χ2v) is 6.48. The lowest BCUT2D eigenvalue weighted by molar-refractivity contribution is -0.142. The Balaban J connectivity index is 2.07. The number of urea groups is 1. The van der Waals surface area contributed by atoms with Crippen molar-refractivity contribution in [2.45, 2.75) is 6.04 Å². The number of nitrogens with one attached hydrogen (secondary N) is 1. The molecule has 2 atom stereocenters. The van der Waals surface area contributed by atoms with Crippen molar-refractivity contribution >= 4 is 49.5 Å². The van der Waals surface area contributed by atoms with E-state index in [0.29, 0.717) is 5.69 Å². The van der Waals surface area contributed by atoms with Crippen LogP contribution in [0.4, 0.5) is 10.5 Å². The first kappa shape index (κ1) is 16.3. The fraction of sp³-hybridized carbons (Fsp3) is 0.385. The number of carboxylic acid groups (broad SMARTS) is 1. The van der Waals surface area contributed by atoms with Gasteiger partial charge in [0.15, 0.2) is 0 Å². The highest BCUT2D eigenvalue weighted by molar-refractivity contribution is 9.11. The van der Waals surface area contributed by atoms with Crippen molar-refractivity contribution in [2.75, 3.05) is 25.6 Å². The molecular weight excluding hydrogens is 408 g/mol. The third-order valence-corrected chi connectivity index (χ3v) is 4.51. The minimum atomic E-state index is -0.957. The molecule has 21 heavy (non-hydrogen) atoms. The van der Waals surface area contributed by atoms with Gasteiger partial charge in [0.05, 0.1) is 24.9 Å². The maximum Gasteiger partial charge on any atom is 0.321 e. The second kappa shape index (κ2) is 6.76. The molecule has 8 heteroatoms. The van der Waals surface area contributed by atoms with Gasteiger partial charge in [-0.1, -0.05) is 15.9 Å². The van der Waals surface area contributed by atoms with Crippen LogP contribution in [0.15, 0.2) is 27.1 Å². The van der Waals surface area contributed by atoms with Crippen LogP contribution in [-0.2, 0) is 9.53 Å². The number of carbonyl (C=O) groups is 2. The summed E-state index contributed by atoms with van der Waals surface area (Å²) in [7, 11) is 1.57. The van der Waals surface area contributed by atoms with Crippen LogP contribution < -0.4 is 5.32 Å². The van der Waals surface area contributed by atoms with E-state index in [1.165, 1.54) is 4.90 Å². The number of carbonyl (C=O) groups excluding carboxylic acids is 1. The van der Waals surface area contributed by atoms with Crippen molar-refractivity contribution < 1.29 is 19.4 Å². The summed E-state index contributed by atoms with van der Waals surface area (Å²) in [6.07, 6.45) is 0. The molecule has 114 valence electrons. The van der Waals surface area contributed by atoms with Gasteiger partial charge in [-0.15, -0.1) is 0 Å². The third kappa shape index (κ3) is 3.75. The van der Waals surface area contributed by atoms with Crippen LogP contribution in [0.2, 0.25) is 0 Å². The summed E-state index contributed by atoms with van der Waals surface area (Å²) in [6, 6.07) is 4.52. The molecule has 0 aromatic heterocycles. The maximum atomic E-state index is 12.2. The number of likely N-dealkylation sites (N-methyl/N-ethyl adjacent to an activating group) is 1. The minimum Gasteiger partial charge on any atom is -0.481 e. The van der Waals surface area contributed by atoms with Crippen molar-refractivity contribution in [1.82, 2.24) is 4.90 Å². The first-order chi connectivity index (χ1) is 9.90. The number of amides is 2. The minimum absolute atomic E-state index is 0.125. The van der Waals surface area contributed by atoms with Gasteiger partial charge in [-0.25, -0.2) is 4.79 Å². The topological polar surface area (TPSA) is 78.9 Å². The number of hydrogen-bond donors (Lipinski definition) is 2. The summed E-state index contributed by atoms with van der Waals surface area (Å²) in [4.78, 5) is 24.8. The number of ether oxygens (including phenoxy) is 1. The molecule has 0 bridgehead atoms. The molecule has 0 saturated carbocycles. The number of rotatable bonds is 3. The number of hydrogen-bond acceptors (Lipinski definition) is 3. The predicted molar refractivity (Wildman–Crippen MR) is 84.4 cm³/mol. The summed E-state index contributed by atoms with van der Waals surface area (Å²) < 4.78 is 6.79. The molecule has 2 rings (SSSR count). The van der Waals surface area contributed by atoms with Gasteiger partial charge < -0.3 is 20.1 Å². The molecular formula is C13H14Br2N2O4. The van der Waals surface area contributed by atoms with Crippen molar-refractivity contribution in [1.29, 1.82) is 0 Å². The van der Waals surface area contributed by atoms with E-state index < -0.39 is 17.9 Å². The normalized spacial score (nSPS) is 21.1. The maximum absolute atomic E-state index is 12.2. The zero-order valence-corrected chi connectivity index (χ0v) is 14.3. The highest BCUT2D eigenvalue weighted by Gasteiger charge is 2.38. The van der Waals surface area contributed by atoms with Gasteiger partial charge in [0.1, 0.15) is 5.92 Å².